The predicted molar refractivity (Wildman–Crippen MR) is 247 cm³/mol. The van der Waals surface area contributed by atoms with Crippen LogP contribution in [-0.4, -0.2) is 82.7 Å². The minimum Gasteiger partial charge on any atom is -0.455 e. The molecular weight excluding hydrogens is 876 g/mol. The summed E-state index contributed by atoms with van der Waals surface area (Å²) in [5.74, 6) is 1.76. The van der Waals surface area contributed by atoms with Gasteiger partial charge in [0.15, 0.2) is 5.75 Å². The maximum Gasteiger partial charge on any atom is 0.308 e. The number of hydrogen-bond donors (Lipinski definition) is 1. The number of hydrogen-bond acceptors (Lipinski definition) is 8. The molecule has 5 aliphatic rings. The highest BCUT2D eigenvalue weighted by Crippen LogP contribution is 2.54. The second kappa shape index (κ2) is 20.9. The molecule has 328 valence electrons. The van der Waals surface area contributed by atoms with Gasteiger partial charge >= 0.3 is 5.97 Å². The largest absolute Gasteiger partial charge is 0.455 e. The lowest BCUT2D eigenvalue weighted by atomic mass is 9.84. The van der Waals surface area contributed by atoms with Crippen molar-refractivity contribution in [1.29, 1.82) is 0 Å². The average molecular weight is 933 g/mol. The summed E-state index contributed by atoms with van der Waals surface area (Å²) in [6.45, 7) is 7.83. The van der Waals surface area contributed by atoms with E-state index in [1.165, 1.54) is 52.0 Å². The third-order valence-electron chi connectivity index (χ3n) is 12.4. The molecular formula is C47H56Cl4N3O6S+. The highest BCUT2D eigenvalue weighted by Gasteiger charge is 2.38. The van der Waals surface area contributed by atoms with Crippen LogP contribution in [0.3, 0.4) is 0 Å². The molecule has 0 unspecified atom stereocenters. The van der Waals surface area contributed by atoms with Gasteiger partial charge in [0.2, 0.25) is 11.3 Å². The van der Waals surface area contributed by atoms with Crippen molar-refractivity contribution < 1.29 is 28.5 Å². The summed E-state index contributed by atoms with van der Waals surface area (Å²) in [5, 5.41) is 5.62. The van der Waals surface area contributed by atoms with E-state index in [0.29, 0.717) is 49.3 Å². The summed E-state index contributed by atoms with van der Waals surface area (Å²) in [6.07, 6.45) is 14.5. The summed E-state index contributed by atoms with van der Waals surface area (Å²) in [6, 6.07) is 4.57. The van der Waals surface area contributed by atoms with Gasteiger partial charge in [-0.2, -0.15) is 0 Å². The van der Waals surface area contributed by atoms with Crippen LogP contribution in [0.2, 0.25) is 15.1 Å². The van der Waals surface area contributed by atoms with E-state index >= 15 is 0 Å². The van der Waals surface area contributed by atoms with Gasteiger partial charge in [-0.1, -0.05) is 47.6 Å². The fourth-order valence-corrected chi connectivity index (χ4v) is 11.9. The fourth-order valence-electron chi connectivity index (χ4n) is 9.73. The molecule has 1 N–H and O–H groups in total. The minimum absolute atomic E-state index is 0.0293. The zero-order valence-corrected chi connectivity index (χ0v) is 38.9. The van der Waals surface area contributed by atoms with Gasteiger partial charge in [0.1, 0.15) is 29.6 Å². The molecule has 0 radical (unpaired) electrons. The van der Waals surface area contributed by atoms with Crippen LogP contribution < -0.4 is 34.8 Å². The molecule has 8 rings (SSSR count). The van der Waals surface area contributed by atoms with Crippen molar-refractivity contribution in [3.05, 3.63) is 71.2 Å². The molecule has 0 aliphatic carbocycles. The van der Waals surface area contributed by atoms with Gasteiger partial charge in [0.25, 0.3) is 0 Å². The number of carbonyl (C=O) groups excluding carboxylic acids is 2. The third-order valence-corrected chi connectivity index (χ3v) is 15.2. The highest BCUT2D eigenvalue weighted by atomic mass is 35.5. The molecule has 3 aromatic rings. The number of alkyl halides is 1. The lowest BCUT2D eigenvalue weighted by Gasteiger charge is -2.36. The quantitative estimate of drug-likeness (QED) is 0.0214. The first-order valence-corrected chi connectivity index (χ1v) is 24.8. The number of unbranched alkanes of at least 4 members (excludes halogenated alkanes) is 3. The maximum atomic E-state index is 13.2. The van der Waals surface area contributed by atoms with Crippen molar-refractivity contribution in [2.24, 2.45) is 0 Å². The van der Waals surface area contributed by atoms with Crippen LogP contribution in [0.4, 0.5) is 5.69 Å². The third kappa shape index (κ3) is 9.72. The van der Waals surface area contributed by atoms with Crippen molar-refractivity contribution in [2.45, 2.75) is 102 Å². The van der Waals surface area contributed by atoms with Crippen molar-refractivity contribution >= 4 is 81.3 Å². The normalized spacial score (nSPS) is 16.4. The number of nitrogens with one attached hydrogen (secondary N) is 1. The summed E-state index contributed by atoms with van der Waals surface area (Å²) >= 11 is 28.8. The Bertz CT molecular complexity index is 2300. The Morgan fingerprint density at radius 1 is 0.803 bits per heavy atom. The van der Waals surface area contributed by atoms with Gasteiger partial charge in [-0.15, -0.1) is 23.4 Å². The second-order valence-electron chi connectivity index (χ2n) is 16.6. The lowest BCUT2D eigenvalue weighted by Crippen LogP contribution is -2.41. The predicted octanol–water partition coefficient (Wildman–Crippen LogP) is 8.83. The van der Waals surface area contributed by atoms with Gasteiger partial charge in [-0.3, -0.25) is 9.59 Å². The van der Waals surface area contributed by atoms with Crippen LogP contribution in [0.1, 0.15) is 105 Å². The van der Waals surface area contributed by atoms with Crippen molar-refractivity contribution in [1.82, 2.24) is 9.89 Å². The molecule has 0 fully saturated rings. The number of halogens is 4. The maximum absolute atomic E-state index is 13.2. The molecule has 5 heterocycles. The number of ether oxygens (including phenoxy) is 4. The standard InChI is InChI=1S/C47H55Cl4N3O6S/c1-29(55)59-46-38(39(49)47(41(51)40(46)50)61-28-36(56)52-17-23-58-25-24-57-22-9-3-2-6-16-48)37-34-26-30-12-4-7-18-53-20-10-14-32(42(30)53)44(34)60-45-33-15-11-21-54-19-8-5-13-31(43(33)54)27-35(37)45/h26-27H,2-25,28H2,1H3/p+1. The molecule has 5 aliphatic heterocycles. The number of nitrogens with zero attached hydrogens (tertiary/aromatic N) is 2. The topological polar surface area (TPSA) is 89.3 Å². The summed E-state index contributed by atoms with van der Waals surface area (Å²) < 4.78 is 27.2. The Morgan fingerprint density at radius 3 is 2.39 bits per heavy atom. The molecule has 0 aromatic heterocycles. The van der Waals surface area contributed by atoms with Crippen LogP contribution >= 0.6 is 58.2 Å². The lowest BCUT2D eigenvalue weighted by molar-refractivity contribution is -0.131. The number of benzene rings is 3. The first-order valence-electron chi connectivity index (χ1n) is 22.2. The van der Waals surface area contributed by atoms with Crippen LogP contribution in [0.5, 0.6) is 17.2 Å². The van der Waals surface area contributed by atoms with Crippen molar-refractivity contribution in [3.63, 3.8) is 0 Å². The Hall–Kier alpha value is -2.70. The number of aryl methyl sites for hydroxylation is 2. The number of anilines is 1. The molecule has 0 saturated heterocycles. The number of fused-ring (bicyclic) bond motifs is 4. The smallest absolute Gasteiger partial charge is 0.308 e. The van der Waals surface area contributed by atoms with Crippen LogP contribution in [0, 0.1) is 0 Å². The SMILES string of the molecule is CC(=O)Oc1c(Cl)c(Cl)c(SCC(=O)NCCOCCOCCCCCCCl)c(Cl)c1C1=c2cc3c4c(c2Oc2c1cc1c5c2CCCN5CCCC1)CCC[N+]=4CCCC3. The van der Waals surface area contributed by atoms with E-state index in [1.807, 2.05) is 0 Å². The van der Waals surface area contributed by atoms with Gasteiger partial charge in [-0.25, -0.2) is 4.58 Å². The molecule has 61 heavy (non-hydrogen) atoms. The van der Waals surface area contributed by atoms with E-state index < -0.39 is 5.97 Å². The average Bonchev–Trinajstić information content (AvgIpc) is 3.60. The second-order valence-corrected chi connectivity index (χ2v) is 19.1. The van der Waals surface area contributed by atoms with E-state index in [9.17, 15) is 9.59 Å². The Kier molecular flexibility index (Phi) is 15.4. The Morgan fingerprint density at radius 2 is 1.56 bits per heavy atom. The molecule has 0 spiro atoms. The zero-order chi connectivity index (χ0) is 42.5. The van der Waals surface area contributed by atoms with E-state index in [4.69, 9.17) is 65.4 Å². The molecule has 9 nitrogen and oxygen atoms in total. The summed E-state index contributed by atoms with van der Waals surface area (Å²) in [5.41, 5.74) is 8.54. The van der Waals surface area contributed by atoms with Gasteiger partial charge in [0, 0.05) is 95.5 Å². The monoisotopic (exact) mass is 930 g/mol. The van der Waals surface area contributed by atoms with Crippen LogP contribution in [-0.2, 0) is 44.7 Å². The first-order chi connectivity index (χ1) is 29.8. The van der Waals surface area contributed by atoms with Gasteiger partial charge in [0.05, 0.1) is 41.2 Å². The Balaban J connectivity index is 1.16. The van der Waals surface area contributed by atoms with Crippen LogP contribution in [0.25, 0.3) is 5.57 Å². The molecule has 14 heteroatoms. The minimum atomic E-state index is -0.546. The van der Waals surface area contributed by atoms with Crippen molar-refractivity contribution in [2.75, 3.05) is 75.7 Å². The zero-order valence-electron chi connectivity index (χ0n) is 35.1. The highest BCUT2D eigenvalue weighted by molar-refractivity contribution is 8.00. The van der Waals surface area contributed by atoms with Crippen LogP contribution in [0.15, 0.2) is 17.0 Å². The molecule has 0 bridgehead atoms. The molecule has 0 atom stereocenters. The number of esters is 1. The molecule has 3 aromatic carbocycles. The van der Waals surface area contributed by atoms with E-state index in [0.717, 1.165) is 144 Å². The molecule has 1 amide bonds. The molecule has 0 saturated carbocycles. The van der Waals surface area contributed by atoms with E-state index in [1.54, 1.807) is 0 Å². The van der Waals surface area contributed by atoms with E-state index in [-0.39, 0.29) is 32.5 Å². The summed E-state index contributed by atoms with van der Waals surface area (Å²) in [7, 11) is 0. The van der Waals surface area contributed by atoms with Gasteiger partial charge < -0.3 is 29.2 Å². The van der Waals surface area contributed by atoms with Crippen molar-refractivity contribution in [3.8, 4) is 17.2 Å². The number of carbonyl (C=O) groups is 2. The number of thioether (sulfide) groups is 1. The Labute approximate surface area is 383 Å². The van der Waals surface area contributed by atoms with Gasteiger partial charge in [-0.05, 0) is 81.9 Å². The summed E-state index contributed by atoms with van der Waals surface area (Å²) in [4.78, 5) is 29.1. The van der Waals surface area contributed by atoms with E-state index in [2.05, 4.69) is 26.9 Å². The first kappa shape index (κ1) is 44.9. The number of rotatable bonds is 17. The fraction of sp³-hybridized carbons (Fsp3) is 0.553. The number of amides is 1.